The second-order valence-corrected chi connectivity index (χ2v) is 6.48. The highest BCUT2D eigenvalue weighted by atomic mass is 79.9. The van der Waals surface area contributed by atoms with Crippen LogP contribution in [0.4, 0.5) is 0 Å². The quantitative estimate of drug-likeness (QED) is 0.492. The Kier molecular flexibility index (Phi) is 7.56. The molecule has 0 N–H and O–H groups in total. The number of halogens is 3. The van der Waals surface area contributed by atoms with Gasteiger partial charge >= 0.3 is 0 Å². The lowest BCUT2D eigenvalue weighted by atomic mass is 9.91. The Bertz CT molecular complexity index is 409. The van der Waals surface area contributed by atoms with Gasteiger partial charge in [0.25, 0.3) is 0 Å². The molecule has 0 amide bonds. The van der Waals surface area contributed by atoms with Crippen molar-refractivity contribution in [3.8, 4) is 5.75 Å². The second-order valence-electron chi connectivity index (χ2n) is 4.72. The first-order chi connectivity index (χ1) is 9.04. The van der Waals surface area contributed by atoms with E-state index in [9.17, 15) is 0 Å². The highest BCUT2D eigenvalue weighted by Gasteiger charge is 2.24. The fourth-order valence-corrected chi connectivity index (χ4v) is 3.74. The van der Waals surface area contributed by atoms with Crippen molar-refractivity contribution in [2.75, 3.05) is 7.11 Å². The van der Waals surface area contributed by atoms with Gasteiger partial charge in [-0.15, -0.1) is 11.6 Å². The van der Waals surface area contributed by atoms with Crippen molar-refractivity contribution in [1.29, 1.82) is 0 Å². The molecule has 0 spiro atoms. The van der Waals surface area contributed by atoms with Crippen LogP contribution in [0.25, 0.3) is 0 Å². The number of hydrogen-bond acceptors (Lipinski definition) is 1. The fourth-order valence-electron chi connectivity index (χ4n) is 2.28. The van der Waals surface area contributed by atoms with Gasteiger partial charge in [-0.05, 0) is 40.4 Å². The van der Waals surface area contributed by atoms with Gasteiger partial charge in [-0.25, -0.2) is 0 Å². The predicted octanol–water partition coefficient (Wildman–Crippen LogP) is 6.61. The summed E-state index contributed by atoms with van der Waals surface area (Å²) < 4.78 is 6.32. The lowest BCUT2D eigenvalue weighted by Gasteiger charge is -2.23. The van der Waals surface area contributed by atoms with Gasteiger partial charge in [-0.3, -0.25) is 0 Å². The molecule has 108 valence electrons. The molecule has 2 unspecified atom stereocenters. The molecule has 1 rings (SSSR count). The summed E-state index contributed by atoms with van der Waals surface area (Å²) in [6.45, 7) is 4.38. The molecule has 4 heteroatoms. The summed E-state index contributed by atoms with van der Waals surface area (Å²) in [4.78, 5) is 0. The Hall–Kier alpha value is 0.0800. The van der Waals surface area contributed by atoms with Gasteiger partial charge in [0.05, 0.1) is 17.0 Å². The van der Waals surface area contributed by atoms with Crippen LogP contribution in [0, 0.1) is 5.92 Å². The summed E-state index contributed by atoms with van der Waals surface area (Å²) in [6, 6.07) is 3.75. The lowest BCUT2D eigenvalue weighted by molar-refractivity contribution is 0.389. The molecule has 0 aliphatic rings. The van der Waals surface area contributed by atoms with Crippen molar-refractivity contribution < 1.29 is 4.74 Å². The highest BCUT2D eigenvalue weighted by molar-refractivity contribution is 9.10. The Morgan fingerprint density at radius 3 is 2.53 bits per heavy atom. The van der Waals surface area contributed by atoms with Crippen molar-refractivity contribution in [1.82, 2.24) is 0 Å². The molecule has 0 fully saturated rings. The van der Waals surface area contributed by atoms with E-state index in [4.69, 9.17) is 27.9 Å². The van der Waals surface area contributed by atoms with Crippen molar-refractivity contribution >= 4 is 39.1 Å². The van der Waals surface area contributed by atoms with E-state index in [0.717, 1.165) is 28.6 Å². The zero-order valence-corrected chi connectivity index (χ0v) is 14.8. The summed E-state index contributed by atoms with van der Waals surface area (Å²) in [6.07, 6.45) is 4.58. The van der Waals surface area contributed by atoms with Crippen molar-refractivity contribution in [3.05, 3.63) is 27.2 Å². The number of unbranched alkanes of at least 4 members (excludes halogenated alkanes) is 1. The minimum atomic E-state index is -0.0681. The molecular weight excluding hydrogens is 347 g/mol. The van der Waals surface area contributed by atoms with Crippen LogP contribution in [-0.2, 0) is 0 Å². The average Bonchev–Trinajstić information content (AvgIpc) is 2.38. The first-order valence-corrected chi connectivity index (χ1v) is 8.32. The molecule has 19 heavy (non-hydrogen) atoms. The van der Waals surface area contributed by atoms with E-state index in [1.54, 1.807) is 7.11 Å². The van der Waals surface area contributed by atoms with Crippen LogP contribution >= 0.6 is 39.1 Å². The number of rotatable bonds is 7. The molecule has 1 aromatic rings. The lowest BCUT2D eigenvalue weighted by Crippen LogP contribution is -2.09. The molecule has 1 aromatic carbocycles. The maximum atomic E-state index is 6.68. The van der Waals surface area contributed by atoms with Crippen LogP contribution in [-0.4, -0.2) is 7.11 Å². The van der Waals surface area contributed by atoms with Gasteiger partial charge in [0.1, 0.15) is 5.75 Å². The van der Waals surface area contributed by atoms with Crippen LogP contribution in [0.3, 0.4) is 0 Å². The first kappa shape index (κ1) is 17.1. The summed E-state index contributed by atoms with van der Waals surface area (Å²) in [5, 5.41) is 0.611. The summed E-state index contributed by atoms with van der Waals surface area (Å²) in [5.74, 6) is 1.24. The third-order valence-electron chi connectivity index (χ3n) is 3.41. The molecular formula is C15H21BrCl2O. The second kappa shape index (κ2) is 8.39. The zero-order valence-electron chi connectivity index (χ0n) is 11.7. The number of ether oxygens (including phenoxy) is 1. The van der Waals surface area contributed by atoms with E-state index in [1.165, 1.54) is 12.8 Å². The predicted molar refractivity (Wildman–Crippen MR) is 87.6 cm³/mol. The summed E-state index contributed by atoms with van der Waals surface area (Å²) >= 11 is 16.3. The molecule has 0 bridgehead atoms. The molecule has 0 heterocycles. The van der Waals surface area contributed by atoms with E-state index in [2.05, 4.69) is 29.8 Å². The van der Waals surface area contributed by atoms with Crippen LogP contribution < -0.4 is 4.74 Å². The Labute approximate surface area is 134 Å². The highest BCUT2D eigenvalue weighted by Crippen LogP contribution is 2.43. The summed E-state index contributed by atoms with van der Waals surface area (Å²) in [5.41, 5.74) is 0.978. The van der Waals surface area contributed by atoms with Crippen molar-refractivity contribution in [3.63, 3.8) is 0 Å². The van der Waals surface area contributed by atoms with Gasteiger partial charge in [-0.2, -0.15) is 0 Å². The third-order valence-corrected chi connectivity index (χ3v) is 4.80. The van der Waals surface area contributed by atoms with Gasteiger partial charge in [0.15, 0.2) is 0 Å². The monoisotopic (exact) mass is 366 g/mol. The standard InChI is InChI=1S/C15H21BrCl2O/c1-4-6-7-10(5-2)14(18)12-8-11(17)9-13(16)15(12)19-3/h8-10,14H,4-7H2,1-3H3. The SMILES string of the molecule is CCCCC(CC)C(Cl)c1cc(Cl)cc(Br)c1OC. The van der Waals surface area contributed by atoms with Crippen LogP contribution in [0.5, 0.6) is 5.75 Å². The maximum Gasteiger partial charge on any atom is 0.137 e. The number of alkyl halides is 1. The maximum absolute atomic E-state index is 6.68. The van der Waals surface area contributed by atoms with Crippen LogP contribution in [0.2, 0.25) is 5.02 Å². The van der Waals surface area contributed by atoms with Gasteiger partial charge in [0, 0.05) is 10.6 Å². The number of hydrogen-bond donors (Lipinski definition) is 0. The molecule has 0 aliphatic heterocycles. The third kappa shape index (κ3) is 4.54. The molecule has 0 aromatic heterocycles. The normalized spacial score (nSPS) is 14.2. The van der Waals surface area contributed by atoms with E-state index in [1.807, 2.05) is 12.1 Å². The Balaban J connectivity index is 3.05. The van der Waals surface area contributed by atoms with Crippen molar-refractivity contribution in [2.24, 2.45) is 5.92 Å². The largest absolute Gasteiger partial charge is 0.495 e. The number of benzene rings is 1. The molecule has 0 aliphatic carbocycles. The average molecular weight is 368 g/mol. The minimum absolute atomic E-state index is 0.0681. The minimum Gasteiger partial charge on any atom is -0.495 e. The van der Waals surface area contributed by atoms with E-state index in [-0.39, 0.29) is 5.38 Å². The molecule has 0 saturated heterocycles. The molecule has 1 nitrogen and oxygen atoms in total. The van der Waals surface area contributed by atoms with E-state index >= 15 is 0 Å². The van der Waals surface area contributed by atoms with E-state index in [0.29, 0.717) is 10.9 Å². The first-order valence-electron chi connectivity index (χ1n) is 6.72. The zero-order chi connectivity index (χ0) is 14.4. The molecule has 0 saturated carbocycles. The van der Waals surface area contributed by atoms with Crippen molar-refractivity contribution in [2.45, 2.75) is 44.9 Å². The molecule has 0 radical (unpaired) electrons. The smallest absolute Gasteiger partial charge is 0.137 e. The number of methoxy groups -OCH3 is 1. The van der Waals surface area contributed by atoms with Crippen LogP contribution in [0.15, 0.2) is 16.6 Å². The Morgan fingerprint density at radius 1 is 1.32 bits per heavy atom. The van der Waals surface area contributed by atoms with Crippen LogP contribution in [0.1, 0.15) is 50.5 Å². The molecule has 2 atom stereocenters. The summed E-state index contributed by atoms with van der Waals surface area (Å²) in [7, 11) is 1.66. The van der Waals surface area contributed by atoms with E-state index < -0.39 is 0 Å². The fraction of sp³-hybridized carbons (Fsp3) is 0.600. The van der Waals surface area contributed by atoms with Gasteiger partial charge < -0.3 is 4.74 Å². The topological polar surface area (TPSA) is 9.23 Å². The Morgan fingerprint density at radius 2 is 2.00 bits per heavy atom. The van der Waals surface area contributed by atoms with Gasteiger partial charge in [-0.1, -0.05) is 44.7 Å². The van der Waals surface area contributed by atoms with Gasteiger partial charge in [0.2, 0.25) is 0 Å².